The van der Waals surface area contributed by atoms with Crippen molar-refractivity contribution < 1.29 is 0 Å². The van der Waals surface area contributed by atoms with E-state index in [0.29, 0.717) is 0 Å². The fraction of sp³-hybridized carbons (Fsp3) is 0.0385. The van der Waals surface area contributed by atoms with Crippen molar-refractivity contribution in [2.75, 3.05) is 0 Å². The van der Waals surface area contributed by atoms with Crippen molar-refractivity contribution in [2.45, 2.75) is 13.8 Å². The Morgan fingerprint density at radius 1 is 0.315 bits per heavy atom. The molecule has 0 atom stereocenters. The average molecular weight is 689 g/mol. The highest BCUT2D eigenvalue weighted by molar-refractivity contribution is 6.14. The van der Waals surface area contributed by atoms with E-state index in [-0.39, 0.29) is 0 Å². The van der Waals surface area contributed by atoms with Gasteiger partial charge in [0.25, 0.3) is 0 Å². The molecule has 0 aliphatic rings. The molecule has 11 aromatic rings. The fourth-order valence-electron chi connectivity index (χ4n) is 9.10. The van der Waals surface area contributed by atoms with Crippen molar-refractivity contribution >= 4 is 65.2 Å². The molecule has 2 aromatic heterocycles. The van der Waals surface area contributed by atoms with Gasteiger partial charge in [-0.15, -0.1) is 0 Å². The molecule has 0 radical (unpaired) electrons. The summed E-state index contributed by atoms with van der Waals surface area (Å²) in [5, 5.41) is 10.2. The van der Waals surface area contributed by atoms with Gasteiger partial charge in [0.15, 0.2) is 0 Å². The number of nitrogens with zero attached hydrogens (tertiary/aromatic N) is 2. The fourth-order valence-corrected chi connectivity index (χ4v) is 9.10. The predicted octanol–water partition coefficient (Wildman–Crippen LogP) is 14.1. The van der Waals surface area contributed by atoms with Crippen LogP contribution in [0, 0.1) is 13.8 Å². The largest absolute Gasteiger partial charge is 0.309 e. The molecule has 2 heteroatoms. The highest BCUT2D eigenvalue weighted by Gasteiger charge is 2.18. The zero-order valence-electron chi connectivity index (χ0n) is 30.2. The van der Waals surface area contributed by atoms with Crippen LogP contribution in [-0.2, 0) is 0 Å². The first-order chi connectivity index (χ1) is 26.6. The molecule has 0 N–H and O–H groups in total. The Balaban J connectivity index is 1.07. The molecule has 0 aliphatic heterocycles. The molecule has 0 amide bonds. The Labute approximate surface area is 313 Å². The van der Waals surface area contributed by atoms with Gasteiger partial charge in [-0.2, -0.15) is 0 Å². The molecular formula is C52H36N2. The first-order valence-corrected chi connectivity index (χ1v) is 18.8. The summed E-state index contributed by atoms with van der Waals surface area (Å²) in [5.41, 5.74) is 14.7. The van der Waals surface area contributed by atoms with E-state index in [1.165, 1.54) is 98.5 Å². The van der Waals surface area contributed by atoms with E-state index in [4.69, 9.17) is 0 Å². The summed E-state index contributed by atoms with van der Waals surface area (Å²) in [6.07, 6.45) is 0. The summed E-state index contributed by atoms with van der Waals surface area (Å²) in [7, 11) is 0. The van der Waals surface area contributed by atoms with E-state index >= 15 is 0 Å². The van der Waals surface area contributed by atoms with Gasteiger partial charge in [0.2, 0.25) is 0 Å². The third kappa shape index (κ3) is 4.53. The van der Waals surface area contributed by atoms with Gasteiger partial charge in [-0.3, -0.25) is 0 Å². The molecule has 0 unspecified atom stereocenters. The SMILES string of the molecule is Cc1cccc2c1c1cc(-c3cccc4ccccc34)ccc1n2-c1ccc(-n2c3ccc(-c4cccc5ccccc45)cc3c3c(C)cccc32)cc1. The average Bonchev–Trinajstić information content (AvgIpc) is 3.74. The maximum absolute atomic E-state index is 2.43. The molecule has 2 nitrogen and oxygen atoms in total. The summed E-state index contributed by atoms with van der Waals surface area (Å²) in [5.74, 6) is 0. The van der Waals surface area contributed by atoms with Crippen molar-refractivity contribution in [3.8, 4) is 33.6 Å². The Morgan fingerprint density at radius 3 is 1.19 bits per heavy atom. The standard InChI is InChI=1S/C52H36N2/c1-33-11-7-21-49-51(33)45-31-37(43-19-9-15-35-13-3-5-17-41(35)43)23-29-47(45)53(49)39-25-27-40(28-26-39)54-48-30-24-38(32-46(48)52-34(2)12-8-22-50(52)54)44-20-10-16-36-14-4-6-18-42(36)44/h3-32H,1-2H3. The van der Waals surface area contributed by atoms with E-state index in [2.05, 4.69) is 205 Å². The normalized spacial score (nSPS) is 11.9. The van der Waals surface area contributed by atoms with Crippen LogP contribution in [-0.4, -0.2) is 9.13 Å². The third-order valence-electron chi connectivity index (χ3n) is 11.6. The highest BCUT2D eigenvalue weighted by Crippen LogP contribution is 2.40. The number of aryl methyl sites for hydroxylation is 2. The minimum absolute atomic E-state index is 1.15. The van der Waals surface area contributed by atoms with Crippen molar-refractivity contribution in [1.82, 2.24) is 9.13 Å². The van der Waals surface area contributed by atoms with Crippen LogP contribution >= 0.6 is 0 Å². The zero-order chi connectivity index (χ0) is 35.9. The monoisotopic (exact) mass is 688 g/mol. The number of rotatable bonds is 4. The second kappa shape index (κ2) is 11.8. The maximum Gasteiger partial charge on any atom is 0.0543 e. The number of aromatic nitrogens is 2. The Kier molecular flexibility index (Phi) is 6.72. The van der Waals surface area contributed by atoms with Crippen LogP contribution in [0.4, 0.5) is 0 Å². The van der Waals surface area contributed by atoms with E-state index in [1.807, 2.05) is 0 Å². The van der Waals surface area contributed by atoms with Crippen molar-refractivity contribution in [1.29, 1.82) is 0 Å². The molecule has 0 aliphatic carbocycles. The van der Waals surface area contributed by atoms with Crippen LogP contribution in [0.5, 0.6) is 0 Å². The van der Waals surface area contributed by atoms with E-state index in [9.17, 15) is 0 Å². The van der Waals surface area contributed by atoms with Crippen LogP contribution in [0.1, 0.15) is 11.1 Å². The minimum Gasteiger partial charge on any atom is -0.309 e. The highest BCUT2D eigenvalue weighted by atomic mass is 15.0. The Morgan fingerprint density at radius 2 is 0.722 bits per heavy atom. The number of hydrogen-bond donors (Lipinski definition) is 0. The summed E-state index contributed by atoms with van der Waals surface area (Å²) < 4.78 is 4.86. The van der Waals surface area contributed by atoms with E-state index < -0.39 is 0 Å². The molecule has 0 bridgehead atoms. The number of hydrogen-bond acceptors (Lipinski definition) is 0. The molecule has 0 saturated carbocycles. The van der Waals surface area contributed by atoms with Gasteiger partial charge in [-0.1, -0.05) is 121 Å². The Hall–Kier alpha value is -6.90. The van der Waals surface area contributed by atoms with Crippen LogP contribution in [0.2, 0.25) is 0 Å². The second-order valence-corrected chi connectivity index (χ2v) is 14.6. The van der Waals surface area contributed by atoms with Crippen LogP contribution < -0.4 is 0 Å². The molecule has 11 rings (SSSR count). The summed E-state index contributed by atoms with van der Waals surface area (Å²) in [6, 6.07) is 67.0. The van der Waals surface area contributed by atoms with Crippen LogP contribution in [0.3, 0.4) is 0 Å². The van der Waals surface area contributed by atoms with Crippen molar-refractivity contribution in [3.63, 3.8) is 0 Å². The zero-order valence-corrected chi connectivity index (χ0v) is 30.2. The first-order valence-electron chi connectivity index (χ1n) is 18.8. The molecule has 54 heavy (non-hydrogen) atoms. The van der Waals surface area contributed by atoms with Gasteiger partial charge < -0.3 is 9.13 Å². The third-order valence-corrected chi connectivity index (χ3v) is 11.6. The molecule has 9 aromatic carbocycles. The van der Waals surface area contributed by atoms with Gasteiger partial charge in [-0.25, -0.2) is 0 Å². The topological polar surface area (TPSA) is 9.86 Å². The van der Waals surface area contributed by atoms with Gasteiger partial charge in [0, 0.05) is 32.9 Å². The molecule has 254 valence electrons. The summed E-state index contributed by atoms with van der Waals surface area (Å²) >= 11 is 0. The van der Waals surface area contributed by atoms with Crippen LogP contribution in [0.25, 0.3) is 98.8 Å². The lowest BCUT2D eigenvalue weighted by molar-refractivity contribution is 1.14. The van der Waals surface area contributed by atoms with Crippen molar-refractivity contribution in [3.05, 3.63) is 193 Å². The van der Waals surface area contributed by atoms with Gasteiger partial charge >= 0.3 is 0 Å². The maximum atomic E-state index is 2.43. The molecule has 0 spiro atoms. The van der Waals surface area contributed by atoms with Crippen molar-refractivity contribution in [2.24, 2.45) is 0 Å². The smallest absolute Gasteiger partial charge is 0.0543 e. The summed E-state index contributed by atoms with van der Waals surface area (Å²) in [4.78, 5) is 0. The quantitative estimate of drug-likeness (QED) is 0.174. The Bertz CT molecular complexity index is 3050. The first kappa shape index (κ1) is 30.7. The summed E-state index contributed by atoms with van der Waals surface area (Å²) in [6.45, 7) is 4.46. The predicted molar refractivity (Wildman–Crippen MR) is 230 cm³/mol. The molecule has 0 saturated heterocycles. The number of benzene rings is 9. The second-order valence-electron chi connectivity index (χ2n) is 14.6. The van der Waals surface area contributed by atoms with Crippen LogP contribution in [0.15, 0.2) is 182 Å². The van der Waals surface area contributed by atoms with Gasteiger partial charge in [0.1, 0.15) is 0 Å². The molecule has 0 fully saturated rings. The minimum atomic E-state index is 1.15. The lowest BCUT2D eigenvalue weighted by Gasteiger charge is -2.12. The van der Waals surface area contributed by atoms with E-state index in [0.717, 1.165) is 11.4 Å². The van der Waals surface area contributed by atoms with Gasteiger partial charge in [0.05, 0.1) is 22.1 Å². The lowest BCUT2D eigenvalue weighted by atomic mass is 9.96. The molecule has 2 heterocycles. The number of fused-ring (bicyclic) bond motifs is 8. The molecular weight excluding hydrogens is 653 g/mol. The van der Waals surface area contributed by atoms with E-state index in [1.54, 1.807) is 0 Å². The lowest BCUT2D eigenvalue weighted by Crippen LogP contribution is -1.97. The van der Waals surface area contributed by atoms with Gasteiger partial charge in [-0.05, 0) is 129 Å².